The van der Waals surface area contributed by atoms with Gasteiger partial charge in [0, 0.05) is 22.8 Å². The van der Waals surface area contributed by atoms with Gasteiger partial charge in [0.1, 0.15) is 5.37 Å². The molecule has 0 aliphatic carbocycles. The molecule has 0 fully saturated rings. The van der Waals surface area contributed by atoms with Crippen molar-refractivity contribution in [1.82, 2.24) is 9.55 Å². The number of nitrogens with zero attached hydrogens (tertiary/aromatic N) is 2. The van der Waals surface area contributed by atoms with Gasteiger partial charge in [0.2, 0.25) is 9.84 Å². The Labute approximate surface area is 182 Å². The molecule has 2 aromatic heterocycles. The lowest BCUT2D eigenvalue weighted by Crippen LogP contribution is -2.22. The number of para-hydroxylation sites is 1. The normalized spacial score (nSPS) is 12.7. The first-order valence-electron chi connectivity index (χ1n) is 10.3. The molecule has 4 aromatic rings. The summed E-state index contributed by atoms with van der Waals surface area (Å²) in [4.78, 5) is 17.5. The minimum atomic E-state index is -3.77. The van der Waals surface area contributed by atoms with Gasteiger partial charge >= 0.3 is 0 Å². The monoisotopic (exact) mass is 432 g/mol. The third-order valence-electron chi connectivity index (χ3n) is 5.53. The number of fused-ring (bicyclic) bond motifs is 1. The molecule has 0 amide bonds. The molecule has 0 aliphatic rings. The molecule has 1 unspecified atom stereocenters. The molecule has 0 spiro atoms. The SMILES string of the molecule is CCCC(n1c(C)c(C(=O)c2ccccc2)c2ccccc21)S(=O)(=O)c1ccccn1. The Morgan fingerprint density at radius 2 is 1.65 bits per heavy atom. The highest BCUT2D eigenvalue weighted by Gasteiger charge is 2.33. The van der Waals surface area contributed by atoms with Crippen LogP contribution in [0, 0.1) is 6.92 Å². The van der Waals surface area contributed by atoms with Gasteiger partial charge in [-0.1, -0.05) is 67.9 Å². The summed E-state index contributed by atoms with van der Waals surface area (Å²) < 4.78 is 29.0. The van der Waals surface area contributed by atoms with Crippen LogP contribution in [0.2, 0.25) is 0 Å². The summed E-state index contributed by atoms with van der Waals surface area (Å²) >= 11 is 0. The molecule has 6 heteroatoms. The topological polar surface area (TPSA) is 69.0 Å². The maximum atomic E-state index is 13.6. The van der Waals surface area contributed by atoms with Crippen molar-refractivity contribution in [1.29, 1.82) is 0 Å². The molecule has 2 aromatic carbocycles. The molecule has 5 nitrogen and oxygen atoms in total. The molecule has 1 atom stereocenters. The van der Waals surface area contributed by atoms with E-state index in [1.165, 1.54) is 12.3 Å². The van der Waals surface area contributed by atoms with E-state index in [1.54, 1.807) is 28.8 Å². The average molecular weight is 433 g/mol. The number of carbonyl (C=O) groups is 1. The second kappa shape index (κ2) is 8.47. The molecule has 158 valence electrons. The van der Waals surface area contributed by atoms with Crippen LogP contribution in [0.15, 0.2) is 84.0 Å². The molecule has 2 heterocycles. The lowest BCUT2D eigenvalue weighted by atomic mass is 10.0. The van der Waals surface area contributed by atoms with Crippen molar-refractivity contribution in [3.05, 3.63) is 95.8 Å². The third-order valence-corrected chi connectivity index (χ3v) is 7.52. The zero-order valence-electron chi connectivity index (χ0n) is 17.5. The number of hydrogen-bond donors (Lipinski definition) is 0. The fraction of sp³-hybridized carbons (Fsp3) is 0.200. The first-order chi connectivity index (χ1) is 15.0. The zero-order valence-corrected chi connectivity index (χ0v) is 18.3. The largest absolute Gasteiger partial charge is 0.326 e. The van der Waals surface area contributed by atoms with Crippen molar-refractivity contribution < 1.29 is 13.2 Å². The van der Waals surface area contributed by atoms with Crippen molar-refractivity contribution in [2.45, 2.75) is 37.1 Å². The Morgan fingerprint density at radius 3 is 2.32 bits per heavy atom. The van der Waals surface area contributed by atoms with Crippen LogP contribution >= 0.6 is 0 Å². The predicted octanol–water partition coefficient (Wildman–Crippen LogP) is 5.35. The van der Waals surface area contributed by atoms with E-state index in [9.17, 15) is 13.2 Å². The molecule has 0 bridgehead atoms. The van der Waals surface area contributed by atoms with Crippen molar-refractivity contribution in [3.63, 3.8) is 0 Å². The second-order valence-electron chi connectivity index (χ2n) is 7.50. The lowest BCUT2D eigenvalue weighted by molar-refractivity contribution is 0.103. The smallest absolute Gasteiger partial charge is 0.216 e. The van der Waals surface area contributed by atoms with Crippen LogP contribution in [0.1, 0.15) is 46.8 Å². The number of pyridine rings is 1. The van der Waals surface area contributed by atoms with Gasteiger partial charge in [-0.25, -0.2) is 13.4 Å². The Morgan fingerprint density at radius 1 is 0.968 bits per heavy atom. The first-order valence-corrected chi connectivity index (χ1v) is 11.9. The van der Waals surface area contributed by atoms with Crippen LogP contribution in [0.4, 0.5) is 0 Å². The number of carbonyl (C=O) groups excluding carboxylic acids is 1. The highest BCUT2D eigenvalue weighted by atomic mass is 32.2. The van der Waals surface area contributed by atoms with Gasteiger partial charge < -0.3 is 4.57 Å². The van der Waals surface area contributed by atoms with Gasteiger partial charge in [-0.05, 0) is 31.5 Å². The van der Waals surface area contributed by atoms with Crippen LogP contribution in [0.5, 0.6) is 0 Å². The maximum absolute atomic E-state index is 13.6. The number of ketones is 1. The van der Waals surface area contributed by atoms with E-state index in [4.69, 9.17) is 0 Å². The number of rotatable bonds is 7. The summed E-state index contributed by atoms with van der Waals surface area (Å²) in [7, 11) is -3.77. The van der Waals surface area contributed by atoms with Crippen LogP contribution < -0.4 is 0 Å². The highest BCUT2D eigenvalue weighted by Crippen LogP contribution is 2.36. The van der Waals surface area contributed by atoms with Crippen LogP contribution in [-0.2, 0) is 9.84 Å². The van der Waals surface area contributed by atoms with Gasteiger partial charge in [-0.3, -0.25) is 4.79 Å². The fourth-order valence-electron chi connectivity index (χ4n) is 4.11. The van der Waals surface area contributed by atoms with Gasteiger partial charge in [0.15, 0.2) is 10.8 Å². The van der Waals surface area contributed by atoms with Crippen molar-refractivity contribution in [3.8, 4) is 0 Å². The Bertz CT molecular complexity index is 1330. The van der Waals surface area contributed by atoms with Gasteiger partial charge in [0.05, 0.1) is 11.1 Å². The highest BCUT2D eigenvalue weighted by molar-refractivity contribution is 7.91. The fourth-order valence-corrected chi connectivity index (χ4v) is 5.96. The van der Waals surface area contributed by atoms with Gasteiger partial charge in [-0.2, -0.15) is 0 Å². The predicted molar refractivity (Wildman–Crippen MR) is 122 cm³/mol. The minimum absolute atomic E-state index is 0.0431. The quantitative estimate of drug-likeness (QED) is 0.369. The number of benzene rings is 2. The van der Waals surface area contributed by atoms with E-state index in [2.05, 4.69) is 4.98 Å². The third kappa shape index (κ3) is 3.68. The Hall–Kier alpha value is -3.25. The summed E-state index contributed by atoms with van der Waals surface area (Å²) in [5, 5.41) is -0.0534. The van der Waals surface area contributed by atoms with Gasteiger partial charge in [0.25, 0.3) is 0 Å². The molecule has 31 heavy (non-hydrogen) atoms. The zero-order chi connectivity index (χ0) is 22.0. The van der Waals surface area contributed by atoms with Crippen molar-refractivity contribution in [2.75, 3.05) is 0 Å². The van der Waals surface area contributed by atoms with Crippen LogP contribution in [0.25, 0.3) is 10.9 Å². The van der Waals surface area contributed by atoms with E-state index in [1.807, 2.05) is 56.3 Å². The number of sulfone groups is 1. The number of aromatic nitrogens is 2. The molecular formula is C25H24N2O3S. The number of hydrogen-bond acceptors (Lipinski definition) is 4. The molecular weight excluding hydrogens is 408 g/mol. The first kappa shape index (κ1) is 21.0. The summed E-state index contributed by atoms with van der Waals surface area (Å²) in [6.07, 6.45) is 2.57. The molecule has 0 radical (unpaired) electrons. The molecule has 0 aliphatic heterocycles. The maximum Gasteiger partial charge on any atom is 0.216 e. The Balaban J connectivity index is 1.97. The van der Waals surface area contributed by atoms with E-state index >= 15 is 0 Å². The summed E-state index contributed by atoms with van der Waals surface area (Å²) in [5.74, 6) is -0.112. The van der Waals surface area contributed by atoms with E-state index < -0.39 is 15.2 Å². The van der Waals surface area contributed by atoms with E-state index in [-0.39, 0.29) is 10.8 Å². The van der Waals surface area contributed by atoms with Crippen LogP contribution in [0.3, 0.4) is 0 Å². The molecule has 4 rings (SSSR count). The Kier molecular flexibility index (Phi) is 5.74. The molecule has 0 saturated carbocycles. The lowest BCUT2D eigenvalue weighted by Gasteiger charge is -2.21. The summed E-state index contributed by atoms with van der Waals surface area (Å²) in [5.41, 5.74) is 2.50. The molecule has 0 N–H and O–H groups in total. The van der Waals surface area contributed by atoms with Crippen molar-refractivity contribution >= 4 is 26.5 Å². The molecule has 0 saturated heterocycles. The second-order valence-corrected chi connectivity index (χ2v) is 9.55. The minimum Gasteiger partial charge on any atom is -0.326 e. The summed E-state index contributed by atoms with van der Waals surface area (Å²) in [6, 6.07) is 21.5. The van der Waals surface area contributed by atoms with E-state index in [0.717, 1.165) is 10.9 Å². The van der Waals surface area contributed by atoms with E-state index in [0.29, 0.717) is 29.7 Å². The standard InChI is InChI=1S/C25H24N2O3S/c1-3-11-23(31(29,30)22-16-9-10-17-26-22)27-18(2)24(20-14-7-8-15-21(20)27)25(28)19-12-5-4-6-13-19/h4-10,12-17,23H,3,11H2,1-2H3. The van der Waals surface area contributed by atoms with Crippen LogP contribution in [-0.4, -0.2) is 23.8 Å². The van der Waals surface area contributed by atoms with Crippen molar-refractivity contribution in [2.24, 2.45) is 0 Å². The van der Waals surface area contributed by atoms with Gasteiger partial charge in [-0.15, -0.1) is 0 Å². The summed E-state index contributed by atoms with van der Waals surface area (Å²) in [6.45, 7) is 3.78. The average Bonchev–Trinajstić information content (AvgIpc) is 3.09.